The van der Waals surface area contributed by atoms with Crippen LogP contribution in [0.15, 0.2) is 42.5 Å². The molecule has 0 fully saturated rings. The lowest BCUT2D eigenvalue weighted by atomic mass is 9.98. The van der Waals surface area contributed by atoms with E-state index in [1.54, 1.807) is 18.2 Å². The molecule has 110 valence electrons. The molecule has 2 rings (SSSR count). The Morgan fingerprint density at radius 2 is 1.81 bits per heavy atom. The minimum Gasteiger partial charge on any atom is -0.455 e. The normalized spacial score (nSPS) is 11.9. The van der Waals surface area contributed by atoms with Crippen molar-refractivity contribution < 1.29 is 9.53 Å². The Morgan fingerprint density at radius 3 is 2.48 bits per heavy atom. The van der Waals surface area contributed by atoms with Crippen LogP contribution < -0.4 is 16.2 Å². The summed E-state index contributed by atoms with van der Waals surface area (Å²) < 4.78 is 5.92. The number of amides is 1. The molecule has 0 spiro atoms. The van der Waals surface area contributed by atoms with Gasteiger partial charge in [-0.1, -0.05) is 38.1 Å². The summed E-state index contributed by atoms with van der Waals surface area (Å²) >= 11 is 0. The quantitative estimate of drug-likeness (QED) is 0.822. The number of carbonyl (C=O) groups excluding carboxylic acids is 1. The summed E-state index contributed by atoms with van der Waals surface area (Å²) in [5, 5.41) is 0. The second-order valence-electron chi connectivity index (χ2n) is 5.03. The first-order valence-corrected chi connectivity index (χ1v) is 6.99. The molecule has 0 saturated carbocycles. The van der Waals surface area contributed by atoms with E-state index in [0.29, 0.717) is 11.7 Å². The molecule has 0 aromatic heterocycles. The number of anilines is 1. The lowest BCUT2D eigenvalue weighted by molar-refractivity contribution is 0.100. The minimum absolute atomic E-state index is 0.268. The van der Waals surface area contributed by atoms with E-state index >= 15 is 0 Å². The Bertz CT molecular complexity index is 653. The third-order valence-electron chi connectivity index (χ3n) is 3.61. The van der Waals surface area contributed by atoms with Gasteiger partial charge in [0.2, 0.25) is 0 Å². The van der Waals surface area contributed by atoms with E-state index in [1.165, 1.54) is 0 Å². The fourth-order valence-electron chi connectivity index (χ4n) is 2.17. The van der Waals surface area contributed by atoms with Crippen LogP contribution in [0.25, 0.3) is 0 Å². The summed E-state index contributed by atoms with van der Waals surface area (Å²) in [6.45, 7) is 4.27. The van der Waals surface area contributed by atoms with Crippen LogP contribution in [0, 0.1) is 0 Å². The highest BCUT2D eigenvalue weighted by Crippen LogP contribution is 2.35. The summed E-state index contributed by atoms with van der Waals surface area (Å²) in [6.07, 6.45) is 1.01. The topological polar surface area (TPSA) is 78.3 Å². The first kappa shape index (κ1) is 14.9. The van der Waals surface area contributed by atoms with Gasteiger partial charge in [0.1, 0.15) is 5.75 Å². The molecule has 0 aliphatic heterocycles. The van der Waals surface area contributed by atoms with E-state index in [9.17, 15) is 4.79 Å². The fourth-order valence-corrected chi connectivity index (χ4v) is 2.17. The highest BCUT2D eigenvalue weighted by molar-refractivity contribution is 5.99. The maximum atomic E-state index is 11.3. The van der Waals surface area contributed by atoms with Crippen molar-refractivity contribution in [1.29, 1.82) is 0 Å². The first-order valence-electron chi connectivity index (χ1n) is 6.99. The number of nitrogen functional groups attached to an aromatic ring is 1. The Morgan fingerprint density at radius 1 is 1.14 bits per heavy atom. The maximum Gasteiger partial charge on any atom is 0.250 e. The van der Waals surface area contributed by atoms with Crippen LogP contribution in [0.3, 0.4) is 0 Å². The maximum absolute atomic E-state index is 11.3. The van der Waals surface area contributed by atoms with E-state index < -0.39 is 5.91 Å². The van der Waals surface area contributed by atoms with Gasteiger partial charge in [-0.3, -0.25) is 4.79 Å². The van der Waals surface area contributed by atoms with E-state index in [2.05, 4.69) is 13.8 Å². The molecule has 0 heterocycles. The van der Waals surface area contributed by atoms with Crippen LogP contribution in [0.5, 0.6) is 11.5 Å². The van der Waals surface area contributed by atoms with Gasteiger partial charge in [0.05, 0.1) is 11.3 Å². The highest BCUT2D eigenvalue weighted by atomic mass is 16.5. The van der Waals surface area contributed by atoms with Crippen LogP contribution in [-0.2, 0) is 0 Å². The molecule has 0 bridgehead atoms. The Labute approximate surface area is 124 Å². The van der Waals surface area contributed by atoms with Crippen LogP contribution in [0.2, 0.25) is 0 Å². The van der Waals surface area contributed by atoms with Crippen LogP contribution in [-0.4, -0.2) is 5.91 Å². The van der Waals surface area contributed by atoms with Crippen molar-refractivity contribution in [2.24, 2.45) is 5.73 Å². The van der Waals surface area contributed by atoms with Crippen LogP contribution >= 0.6 is 0 Å². The summed E-state index contributed by atoms with van der Waals surface area (Å²) in [5.74, 6) is 1.01. The van der Waals surface area contributed by atoms with Crippen molar-refractivity contribution in [3.8, 4) is 11.5 Å². The average molecular weight is 284 g/mol. The van der Waals surface area contributed by atoms with Gasteiger partial charge in [0, 0.05) is 0 Å². The van der Waals surface area contributed by atoms with Gasteiger partial charge in [0.15, 0.2) is 5.75 Å². The second-order valence-corrected chi connectivity index (χ2v) is 5.03. The fraction of sp³-hybridized carbons (Fsp3) is 0.235. The van der Waals surface area contributed by atoms with E-state index in [-0.39, 0.29) is 11.3 Å². The third kappa shape index (κ3) is 3.16. The molecule has 0 aliphatic rings. The predicted molar refractivity (Wildman–Crippen MR) is 84.6 cm³/mol. The summed E-state index contributed by atoms with van der Waals surface area (Å²) in [5.41, 5.74) is 12.9. The number of primary amides is 1. The molecule has 4 nitrogen and oxygen atoms in total. The minimum atomic E-state index is -0.562. The SMILES string of the molecule is CCC(C)c1ccccc1Oc1cccc(C(N)=O)c1N. The third-order valence-corrected chi connectivity index (χ3v) is 3.61. The number of hydrogen-bond acceptors (Lipinski definition) is 3. The number of carbonyl (C=O) groups is 1. The van der Waals surface area contributed by atoms with Gasteiger partial charge in [-0.2, -0.15) is 0 Å². The Balaban J connectivity index is 2.40. The average Bonchev–Trinajstić information content (AvgIpc) is 2.49. The second kappa shape index (κ2) is 6.31. The standard InChI is InChI=1S/C17H20N2O2/c1-3-11(2)12-7-4-5-9-14(12)21-15-10-6-8-13(16(15)18)17(19)20/h4-11H,3,18H2,1-2H3,(H2,19,20). The van der Waals surface area contributed by atoms with Crippen molar-refractivity contribution in [3.63, 3.8) is 0 Å². The number of benzene rings is 2. The zero-order valence-corrected chi connectivity index (χ0v) is 12.3. The Hall–Kier alpha value is -2.49. The highest BCUT2D eigenvalue weighted by Gasteiger charge is 2.14. The molecule has 0 saturated heterocycles. The summed E-state index contributed by atoms with van der Waals surface area (Å²) in [7, 11) is 0. The molecular weight excluding hydrogens is 264 g/mol. The predicted octanol–water partition coefficient (Wildman–Crippen LogP) is 3.67. The number of rotatable bonds is 5. The molecule has 0 aliphatic carbocycles. The molecular formula is C17H20N2O2. The van der Waals surface area contributed by atoms with Gasteiger partial charge in [-0.15, -0.1) is 0 Å². The molecule has 0 radical (unpaired) electrons. The molecule has 2 aromatic carbocycles. The van der Waals surface area contributed by atoms with Crippen molar-refractivity contribution >= 4 is 11.6 Å². The van der Waals surface area contributed by atoms with Gasteiger partial charge in [0.25, 0.3) is 5.91 Å². The molecule has 4 heteroatoms. The monoisotopic (exact) mass is 284 g/mol. The largest absolute Gasteiger partial charge is 0.455 e. The molecule has 1 amide bonds. The van der Waals surface area contributed by atoms with Crippen LogP contribution in [0.1, 0.15) is 42.1 Å². The molecule has 1 unspecified atom stereocenters. The molecule has 1 atom stereocenters. The van der Waals surface area contributed by atoms with Crippen molar-refractivity contribution in [2.45, 2.75) is 26.2 Å². The smallest absolute Gasteiger partial charge is 0.250 e. The molecule has 21 heavy (non-hydrogen) atoms. The van der Waals surface area contributed by atoms with Crippen molar-refractivity contribution in [3.05, 3.63) is 53.6 Å². The lowest BCUT2D eigenvalue weighted by Gasteiger charge is -2.17. The van der Waals surface area contributed by atoms with Gasteiger partial charge < -0.3 is 16.2 Å². The Kier molecular flexibility index (Phi) is 4.48. The summed E-state index contributed by atoms with van der Waals surface area (Å²) in [6, 6.07) is 12.9. The van der Waals surface area contributed by atoms with E-state index in [4.69, 9.17) is 16.2 Å². The number of para-hydroxylation sites is 2. The number of nitrogens with two attached hydrogens (primary N) is 2. The van der Waals surface area contributed by atoms with Gasteiger partial charge in [-0.25, -0.2) is 0 Å². The van der Waals surface area contributed by atoms with Gasteiger partial charge >= 0.3 is 0 Å². The first-order chi connectivity index (χ1) is 10.0. The number of hydrogen-bond donors (Lipinski definition) is 2. The van der Waals surface area contributed by atoms with Crippen molar-refractivity contribution in [2.75, 3.05) is 5.73 Å². The van der Waals surface area contributed by atoms with E-state index in [1.807, 2.05) is 24.3 Å². The lowest BCUT2D eigenvalue weighted by Crippen LogP contribution is -2.13. The van der Waals surface area contributed by atoms with Crippen LogP contribution in [0.4, 0.5) is 5.69 Å². The van der Waals surface area contributed by atoms with E-state index in [0.717, 1.165) is 17.7 Å². The zero-order valence-electron chi connectivity index (χ0n) is 12.3. The molecule has 2 aromatic rings. The zero-order chi connectivity index (χ0) is 15.4. The van der Waals surface area contributed by atoms with Crippen molar-refractivity contribution in [1.82, 2.24) is 0 Å². The summed E-state index contributed by atoms with van der Waals surface area (Å²) in [4.78, 5) is 11.3. The number of ether oxygens (including phenoxy) is 1. The molecule has 4 N–H and O–H groups in total. The van der Waals surface area contributed by atoms with Gasteiger partial charge in [-0.05, 0) is 36.1 Å².